The molecule has 0 bridgehead atoms. The lowest BCUT2D eigenvalue weighted by molar-refractivity contribution is 0.687. The van der Waals surface area contributed by atoms with Gasteiger partial charge in [0.2, 0.25) is 0 Å². The fourth-order valence-corrected chi connectivity index (χ4v) is 4.32. The Hall–Kier alpha value is -4.50. The zero-order valence-electron chi connectivity index (χ0n) is 18.2. The van der Waals surface area contributed by atoms with Crippen LogP contribution >= 0.6 is 0 Å². The second-order valence-corrected chi connectivity index (χ2v) is 8.84. The fraction of sp³-hybridized carbons (Fsp3) is 0.111. The number of aromatic amines is 2. The van der Waals surface area contributed by atoms with Crippen LogP contribution in [0.15, 0.2) is 73.1 Å². The highest BCUT2D eigenvalue weighted by Crippen LogP contribution is 2.35. The molecule has 3 aromatic carbocycles. The summed E-state index contributed by atoms with van der Waals surface area (Å²) in [4.78, 5) is 4.63. The van der Waals surface area contributed by atoms with E-state index < -0.39 is 5.41 Å². The lowest BCUT2D eigenvalue weighted by atomic mass is 9.86. The standard InChI is InChI=1S/C27H20N6/c1-27(2,15-28)20-8-5-16(6-9-20)26-25-21-11-17(7-10-22(21)29-14-24(25)32-33-26)18-3-4-19-13-30-31-23(19)12-18/h3-14H,1-2H3,(H,30,31)(H,32,33). The Morgan fingerprint density at radius 2 is 1.58 bits per heavy atom. The molecule has 0 aliphatic rings. The average molecular weight is 428 g/mol. The minimum absolute atomic E-state index is 0.534. The van der Waals surface area contributed by atoms with Crippen molar-refractivity contribution < 1.29 is 0 Å². The first-order valence-corrected chi connectivity index (χ1v) is 10.8. The van der Waals surface area contributed by atoms with Gasteiger partial charge in [-0.3, -0.25) is 15.2 Å². The van der Waals surface area contributed by atoms with Crippen LogP contribution < -0.4 is 0 Å². The van der Waals surface area contributed by atoms with E-state index in [1.165, 1.54) is 0 Å². The number of nitriles is 1. The van der Waals surface area contributed by atoms with Gasteiger partial charge in [-0.05, 0) is 48.7 Å². The SMILES string of the molecule is CC(C)(C#N)c1ccc(-c2n[nH]c3cnc4ccc(-c5ccc6cn[nH]c6c5)cc4c23)cc1. The number of nitrogens with zero attached hydrogens (tertiary/aromatic N) is 4. The van der Waals surface area contributed by atoms with E-state index in [1.54, 1.807) is 0 Å². The van der Waals surface area contributed by atoms with Crippen LogP contribution in [0.4, 0.5) is 0 Å². The Morgan fingerprint density at radius 3 is 2.39 bits per heavy atom. The third-order valence-corrected chi connectivity index (χ3v) is 6.33. The van der Waals surface area contributed by atoms with E-state index in [-0.39, 0.29) is 0 Å². The predicted molar refractivity (Wildman–Crippen MR) is 131 cm³/mol. The monoisotopic (exact) mass is 428 g/mol. The molecule has 3 heterocycles. The molecule has 6 heteroatoms. The molecule has 0 fully saturated rings. The van der Waals surface area contributed by atoms with Crippen molar-refractivity contribution in [1.29, 1.82) is 5.26 Å². The first kappa shape index (κ1) is 19.2. The number of pyridine rings is 1. The summed E-state index contributed by atoms with van der Waals surface area (Å²) in [7, 11) is 0. The predicted octanol–water partition coefficient (Wildman–Crippen LogP) is 6.12. The first-order chi connectivity index (χ1) is 16.0. The Kier molecular flexibility index (Phi) is 4.08. The average Bonchev–Trinajstić information content (AvgIpc) is 3.50. The molecule has 33 heavy (non-hydrogen) atoms. The van der Waals surface area contributed by atoms with E-state index in [9.17, 15) is 5.26 Å². The molecule has 0 saturated carbocycles. The maximum absolute atomic E-state index is 9.45. The molecule has 3 aromatic heterocycles. The van der Waals surface area contributed by atoms with Gasteiger partial charge >= 0.3 is 0 Å². The lowest BCUT2D eigenvalue weighted by Gasteiger charge is -2.15. The zero-order valence-corrected chi connectivity index (χ0v) is 18.2. The van der Waals surface area contributed by atoms with Crippen LogP contribution in [0.2, 0.25) is 0 Å². The van der Waals surface area contributed by atoms with Gasteiger partial charge in [-0.1, -0.05) is 42.5 Å². The van der Waals surface area contributed by atoms with Gasteiger partial charge in [0.15, 0.2) is 0 Å². The van der Waals surface area contributed by atoms with Gasteiger partial charge in [0.05, 0.1) is 40.4 Å². The Labute approximate surface area is 189 Å². The maximum Gasteiger partial charge on any atom is 0.101 e. The quantitative estimate of drug-likeness (QED) is 0.355. The maximum atomic E-state index is 9.45. The smallest absolute Gasteiger partial charge is 0.101 e. The van der Waals surface area contributed by atoms with Crippen LogP contribution in [0.3, 0.4) is 0 Å². The van der Waals surface area contributed by atoms with Crippen molar-refractivity contribution in [3.8, 4) is 28.5 Å². The van der Waals surface area contributed by atoms with Crippen LogP contribution in [-0.4, -0.2) is 25.4 Å². The third kappa shape index (κ3) is 3.06. The molecule has 0 saturated heterocycles. The van der Waals surface area contributed by atoms with Crippen molar-refractivity contribution >= 4 is 32.7 Å². The first-order valence-electron chi connectivity index (χ1n) is 10.8. The van der Waals surface area contributed by atoms with Crippen molar-refractivity contribution in [3.05, 3.63) is 78.6 Å². The van der Waals surface area contributed by atoms with Gasteiger partial charge in [-0.2, -0.15) is 15.5 Å². The summed E-state index contributed by atoms with van der Waals surface area (Å²) in [5, 5.41) is 27.5. The molecule has 0 amide bonds. The van der Waals surface area contributed by atoms with E-state index in [0.29, 0.717) is 0 Å². The second kappa shape index (κ2) is 7.01. The topological polar surface area (TPSA) is 94.0 Å². The molecule has 6 nitrogen and oxygen atoms in total. The largest absolute Gasteiger partial charge is 0.278 e. The van der Waals surface area contributed by atoms with Crippen molar-refractivity contribution in [1.82, 2.24) is 25.4 Å². The van der Waals surface area contributed by atoms with E-state index in [0.717, 1.165) is 60.7 Å². The molecule has 0 aliphatic carbocycles. The number of benzene rings is 3. The highest BCUT2D eigenvalue weighted by Gasteiger charge is 2.20. The number of rotatable bonds is 3. The van der Waals surface area contributed by atoms with Gasteiger partial charge in [0.25, 0.3) is 0 Å². The van der Waals surface area contributed by atoms with E-state index >= 15 is 0 Å². The van der Waals surface area contributed by atoms with Crippen LogP contribution in [0, 0.1) is 11.3 Å². The molecular formula is C27H20N6. The number of hydrogen-bond acceptors (Lipinski definition) is 4. The fourth-order valence-electron chi connectivity index (χ4n) is 4.32. The van der Waals surface area contributed by atoms with Crippen molar-refractivity contribution in [3.63, 3.8) is 0 Å². The third-order valence-electron chi connectivity index (χ3n) is 6.33. The summed E-state index contributed by atoms with van der Waals surface area (Å²) in [6, 6.07) is 23.1. The van der Waals surface area contributed by atoms with Crippen molar-refractivity contribution in [2.75, 3.05) is 0 Å². The van der Waals surface area contributed by atoms with Gasteiger partial charge in [0, 0.05) is 21.7 Å². The van der Waals surface area contributed by atoms with Crippen LogP contribution in [-0.2, 0) is 5.41 Å². The van der Waals surface area contributed by atoms with E-state index in [4.69, 9.17) is 0 Å². The normalized spacial score (nSPS) is 11.9. The van der Waals surface area contributed by atoms with Crippen LogP contribution in [0.5, 0.6) is 0 Å². The number of H-pyrrole nitrogens is 2. The second-order valence-electron chi connectivity index (χ2n) is 8.84. The summed E-state index contributed by atoms with van der Waals surface area (Å²) in [5.41, 5.74) is 7.34. The molecule has 0 radical (unpaired) electrons. The lowest BCUT2D eigenvalue weighted by Crippen LogP contribution is -2.13. The minimum Gasteiger partial charge on any atom is -0.278 e. The molecular weight excluding hydrogens is 408 g/mol. The van der Waals surface area contributed by atoms with E-state index in [2.05, 4.69) is 67.8 Å². The van der Waals surface area contributed by atoms with Gasteiger partial charge < -0.3 is 0 Å². The summed E-state index contributed by atoms with van der Waals surface area (Å²) >= 11 is 0. The zero-order chi connectivity index (χ0) is 22.6. The Balaban J connectivity index is 1.53. The minimum atomic E-state index is -0.534. The van der Waals surface area contributed by atoms with Crippen LogP contribution in [0.25, 0.3) is 55.1 Å². The summed E-state index contributed by atoms with van der Waals surface area (Å²) in [5.74, 6) is 0. The van der Waals surface area contributed by atoms with Gasteiger partial charge in [0.1, 0.15) is 5.69 Å². The molecule has 6 rings (SSSR count). The molecule has 0 atom stereocenters. The number of hydrogen-bond donors (Lipinski definition) is 2. The Bertz CT molecular complexity index is 1700. The molecule has 2 N–H and O–H groups in total. The molecule has 158 valence electrons. The summed E-state index contributed by atoms with van der Waals surface area (Å²) < 4.78 is 0. The number of aromatic nitrogens is 5. The van der Waals surface area contributed by atoms with Crippen molar-refractivity contribution in [2.24, 2.45) is 0 Å². The summed E-state index contributed by atoms with van der Waals surface area (Å²) in [6.07, 6.45) is 3.66. The molecule has 0 aliphatic heterocycles. The molecule has 6 aromatic rings. The van der Waals surface area contributed by atoms with Crippen LogP contribution in [0.1, 0.15) is 19.4 Å². The molecule has 0 unspecified atom stereocenters. The highest BCUT2D eigenvalue weighted by molar-refractivity contribution is 6.11. The Morgan fingerprint density at radius 1 is 0.818 bits per heavy atom. The molecule has 0 spiro atoms. The van der Waals surface area contributed by atoms with Gasteiger partial charge in [-0.15, -0.1) is 0 Å². The van der Waals surface area contributed by atoms with Gasteiger partial charge in [-0.25, -0.2) is 0 Å². The number of fused-ring (bicyclic) bond motifs is 4. The highest BCUT2D eigenvalue weighted by atomic mass is 15.1. The summed E-state index contributed by atoms with van der Waals surface area (Å²) in [6.45, 7) is 3.85. The number of nitrogens with one attached hydrogen (secondary N) is 2. The van der Waals surface area contributed by atoms with Crippen molar-refractivity contribution in [2.45, 2.75) is 19.3 Å². The van der Waals surface area contributed by atoms with E-state index in [1.807, 2.05) is 50.5 Å².